The minimum Gasteiger partial charge on any atom is -0.384 e. The highest BCUT2D eigenvalue weighted by Gasteiger charge is 2.31. The Kier molecular flexibility index (Phi) is 4.67. The number of anilines is 2. The third-order valence-electron chi connectivity index (χ3n) is 4.79. The first-order chi connectivity index (χ1) is 9.23. The smallest absolute Gasteiger partial charge is 0.0573 e. The van der Waals surface area contributed by atoms with Crippen LogP contribution in [0.15, 0.2) is 18.5 Å². The van der Waals surface area contributed by atoms with Crippen LogP contribution in [0.1, 0.15) is 46.5 Å². The molecule has 0 spiro atoms. The van der Waals surface area contributed by atoms with Gasteiger partial charge in [0.2, 0.25) is 0 Å². The van der Waals surface area contributed by atoms with E-state index in [4.69, 9.17) is 0 Å². The van der Waals surface area contributed by atoms with Gasteiger partial charge in [-0.1, -0.05) is 26.7 Å². The Labute approximate surface area is 117 Å². The van der Waals surface area contributed by atoms with Gasteiger partial charge in [-0.05, 0) is 31.2 Å². The summed E-state index contributed by atoms with van der Waals surface area (Å²) in [6.45, 7) is 10.1. The van der Waals surface area contributed by atoms with E-state index in [9.17, 15) is 0 Å². The van der Waals surface area contributed by atoms with Gasteiger partial charge in [-0.25, -0.2) is 0 Å². The van der Waals surface area contributed by atoms with E-state index in [0.717, 1.165) is 12.2 Å². The van der Waals surface area contributed by atoms with E-state index in [1.54, 1.807) is 0 Å². The normalized spacial score (nSPS) is 18.4. The first-order valence-corrected chi connectivity index (χ1v) is 7.67. The van der Waals surface area contributed by atoms with Gasteiger partial charge < -0.3 is 10.2 Å². The van der Waals surface area contributed by atoms with Crippen molar-refractivity contribution in [2.24, 2.45) is 5.41 Å². The molecule has 0 atom stereocenters. The van der Waals surface area contributed by atoms with Gasteiger partial charge in [0.25, 0.3) is 0 Å². The number of rotatable bonds is 5. The third-order valence-corrected chi connectivity index (χ3v) is 4.79. The van der Waals surface area contributed by atoms with E-state index >= 15 is 0 Å². The monoisotopic (exact) mass is 261 g/mol. The topological polar surface area (TPSA) is 28.2 Å². The molecule has 0 unspecified atom stereocenters. The molecule has 0 saturated carbocycles. The highest BCUT2D eigenvalue weighted by Crippen LogP contribution is 2.39. The molecule has 0 amide bonds. The number of pyridine rings is 1. The van der Waals surface area contributed by atoms with Crippen LogP contribution in [0.5, 0.6) is 0 Å². The minimum atomic E-state index is 0.587. The van der Waals surface area contributed by atoms with Gasteiger partial charge in [-0.3, -0.25) is 4.98 Å². The molecule has 1 saturated heterocycles. The van der Waals surface area contributed by atoms with E-state index in [0.29, 0.717) is 5.41 Å². The van der Waals surface area contributed by atoms with Gasteiger partial charge in [0.15, 0.2) is 0 Å². The Hall–Kier alpha value is -1.25. The van der Waals surface area contributed by atoms with E-state index < -0.39 is 0 Å². The highest BCUT2D eigenvalue weighted by molar-refractivity contribution is 5.55. The standard InChI is InChI=1S/C16H27N3/c1-4-16(5-2)7-9-19(10-8-16)15-11-14(18-6-3)12-17-13-15/h11-13,18H,4-10H2,1-3H3. The van der Waals surface area contributed by atoms with Gasteiger partial charge in [0.05, 0.1) is 23.8 Å². The molecule has 0 radical (unpaired) electrons. The SMILES string of the molecule is CCNc1cncc(N2CCC(CC)(CC)CC2)c1. The van der Waals surface area contributed by atoms with Crippen LogP contribution in [0.3, 0.4) is 0 Å². The van der Waals surface area contributed by atoms with Gasteiger partial charge in [-0.2, -0.15) is 0 Å². The average Bonchev–Trinajstić information content (AvgIpc) is 2.48. The number of nitrogens with zero attached hydrogens (tertiary/aromatic N) is 2. The Morgan fingerprint density at radius 2 is 1.84 bits per heavy atom. The molecule has 2 heterocycles. The van der Waals surface area contributed by atoms with Gasteiger partial charge in [-0.15, -0.1) is 0 Å². The van der Waals surface area contributed by atoms with Crippen LogP contribution in [0.4, 0.5) is 11.4 Å². The Morgan fingerprint density at radius 1 is 1.16 bits per heavy atom. The number of nitrogens with one attached hydrogen (secondary N) is 1. The van der Waals surface area contributed by atoms with Crippen molar-refractivity contribution in [3.05, 3.63) is 18.5 Å². The molecule has 1 fully saturated rings. The predicted octanol–water partition coefficient (Wildman–Crippen LogP) is 3.92. The zero-order valence-electron chi connectivity index (χ0n) is 12.6. The first kappa shape index (κ1) is 14.2. The number of hydrogen-bond donors (Lipinski definition) is 1. The van der Waals surface area contributed by atoms with E-state index in [2.05, 4.69) is 42.0 Å². The Morgan fingerprint density at radius 3 is 2.42 bits per heavy atom. The van der Waals surface area contributed by atoms with Crippen molar-refractivity contribution in [2.75, 3.05) is 29.9 Å². The molecule has 1 N–H and O–H groups in total. The van der Waals surface area contributed by atoms with Crippen molar-refractivity contribution in [1.29, 1.82) is 0 Å². The van der Waals surface area contributed by atoms with Crippen LogP contribution in [-0.2, 0) is 0 Å². The molecule has 1 aromatic rings. The van der Waals surface area contributed by atoms with Crippen LogP contribution in [-0.4, -0.2) is 24.6 Å². The van der Waals surface area contributed by atoms with Crippen molar-refractivity contribution in [3.63, 3.8) is 0 Å². The van der Waals surface area contributed by atoms with Crippen molar-refractivity contribution >= 4 is 11.4 Å². The van der Waals surface area contributed by atoms with Crippen molar-refractivity contribution < 1.29 is 0 Å². The number of hydrogen-bond acceptors (Lipinski definition) is 3. The van der Waals surface area contributed by atoms with Crippen LogP contribution in [0.2, 0.25) is 0 Å². The van der Waals surface area contributed by atoms with Crippen LogP contribution in [0, 0.1) is 5.41 Å². The summed E-state index contributed by atoms with van der Waals surface area (Å²) in [5.41, 5.74) is 2.98. The summed E-state index contributed by atoms with van der Waals surface area (Å²) >= 11 is 0. The fraction of sp³-hybridized carbons (Fsp3) is 0.688. The highest BCUT2D eigenvalue weighted by atomic mass is 15.1. The molecule has 0 aliphatic carbocycles. The van der Waals surface area contributed by atoms with Crippen LogP contribution < -0.4 is 10.2 Å². The summed E-state index contributed by atoms with van der Waals surface area (Å²) in [6, 6.07) is 2.22. The Bertz CT molecular complexity index is 389. The largest absolute Gasteiger partial charge is 0.384 e. The van der Waals surface area contributed by atoms with E-state index in [1.165, 1.54) is 44.5 Å². The third kappa shape index (κ3) is 3.20. The minimum absolute atomic E-state index is 0.587. The molecule has 2 rings (SSSR count). The number of piperidine rings is 1. The van der Waals surface area contributed by atoms with Crippen LogP contribution >= 0.6 is 0 Å². The zero-order valence-corrected chi connectivity index (χ0v) is 12.6. The summed E-state index contributed by atoms with van der Waals surface area (Å²) in [6.07, 6.45) is 9.14. The molecule has 0 bridgehead atoms. The average molecular weight is 261 g/mol. The summed E-state index contributed by atoms with van der Waals surface area (Å²) in [7, 11) is 0. The van der Waals surface area contributed by atoms with E-state index in [1.807, 2.05) is 12.4 Å². The molecule has 1 aliphatic heterocycles. The lowest BCUT2D eigenvalue weighted by molar-refractivity contribution is 0.199. The van der Waals surface area contributed by atoms with Crippen molar-refractivity contribution in [2.45, 2.75) is 46.5 Å². The fourth-order valence-corrected chi connectivity index (χ4v) is 3.10. The summed E-state index contributed by atoms with van der Waals surface area (Å²) < 4.78 is 0. The zero-order chi connectivity index (χ0) is 13.7. The Balaban J connectivity index is 2.03. The molecule has 3 nitrogen and oxygen atoms in total. The second-order valence-corrected chi connectivity index (χ2v) is 5.66. The lowest BCUT2D eigenvalue weighted by Crippen LogP contribution is -2.39. The maximum atomic E-state index is 4.35. The van der Waals surface area contributed by atoms with Gasteiger partial charge >= 0.3 is 0 Å². The molecule has 1 aliphatic rings. The summed E-state index contributed by atoms with van der Waals surface area (Å²) in [5, 5.41) is 3.34. The molecule has 1 aromatic heterocycles. The maximum absolute atomic E-state index is 4.35. The lowest BCUT2D eigenvalue weighted by Gasteiger charge is -2.42. The van der Waals surface area contributed by atoms with E-state index in [-0.39, 0.29) is 0 Å². The fourth-order valence-electron chi connectivity index (χ4n) is 3.10. The van der Waals surface area contributed by atoms with Crippen molar-refractivity contribution in [1.82, 2.24) is 4.98 Å². The first-order valence-electron chi connectivity index (χ1n) is 7.67. The van der Waals surface area contributed by atoms with Gasteiger partial charge in [0, 0.05) is 19.6 Å². The maximum Gasteiger partial charge on any atom is 0.0573 e. The quantitative estimate of drug-likeness (QED) is 0.870. The molecular formula is C16H27N3. The molecule has 0 aromatic carbocycles. The summed E-state index contributed by atoms with van der Waals surface area (Å²) in [4.78, 5) is 6.83. The number of aromatic nitrogens is 1. The lowest BCUT2D eigenvalue weighted by atomic mass is 9.74. The van der Waals surface area contributed by atoms with Gasteiger partial charge in [0.1, 0.15) is 0 Å². The molecule has 106 valence electrons. The predicted molar refractivity (Wildman–Crippen MR) is 82.9 cm³/mol. The van der Waals surface area contributed by atoms with Crippen molar-refractivity contribution in [3.8, 4) is 0 Å². The molecule has 3 heteroatoms. The second kappa shape index (κ2) is 6.27. The second-order valence-electron chi connectivity index (χ2n) is 5.66. The van der Waals surface area contributed by atoms with Crippen LogP contribution in [0.25, 0.3) is 0 Å². The summed E-state index contributed by atoms with van der Waals surface area (Å²) in [5.74, 6) is 0. The molecule has 19 heavy (non-hydrogen) atoms. The molecular weight excluding hydrogens is 234 g/mol.